The van der Waals surface area contributed by atoms with E-state index in [0.717, 1.165) is 37.1 Å². The number of nitrogens with one attached hydrogen (secondary N) is 1. The van der Waals surface area contributed by atoms with E-state index >= 15 is 0 Å². The van der Waals surface area contributed by atoms with Crippen LogP contribution in [0.1, 0.15) is 17.5 Å². The van der Waals surface area contributed by atoms with E-state index < -0.39 is 34.3 Å². The van der Waals surface area contributed by atoms with E-state index in [-0.39, 0.29) is 12.1 Å². The fourth-order valence-corrected chi connectivity index (χ4v) is 4.17. The summed E-state index contributed by atoms with van der Waals surface area (Å²) in [5.74, 6) is -5.51. The van der Waals surface area contributed by atoms with Gasteiger partial charge in [0.05, 0.1) is 12.5 Å². The summed E-state index contributed by atoms with van der Waals surface area (Å²) in [6, 6.07) is 3.96. The van der Waals surface area contributed by atoms with E-state index in [2.05, 4.69) is 19.7 Å². The number of aliphatic carboxylic acids is 2. The first-order valence-electron chi connectivity index (χ1n) is 10.5. The third-order valence-electron chi connectivity index (χ3n) is 4.82. The molecule has 0 saturated carbocycles. The number of likely N-dealkylation sites (tertiary alicyclic amines) is 1. The summed E-state index contributed by atoms with van der Waals surface area (Å²) >= 11 is 0. The molecule has 3 rings (SSSR count). The van der Waals surface area contributed by atoms with Crippen molar-refractivity contribution in [3.8, 4) is 0 Å². The predicted octanol–water partition coefficient (Wildman–Crippen LogP) is 1.82. The first kappa shape index (κ1) is 32.8. The Morgan fingerprint density at radius 2 is 1.63 bits per heavy atom. The highest BCUT2D eigenvalue weighted by Crippen LogP contribution is 2.24. The number of carboxylic acid groups (broad SMARTS) is 2. The molecule has 38 heavy (non-hydrogen) atoms. The van der Waals surface area contributed by atoms with E-state index in [1.165, 1.54) is 6.26 Å². The van der Waals surface area contributed by atoms with Crippen molar-refractivity contribution in [2.75, 3.05) is 12.8 Å². The van der Waals surface area contributed by atoms with Crippen LogP contribution in [0.25, 0.3) is 0 Å². The number of alkyl halides is 6. The van der Waals surface area contributed by atoms with Gasteiger partial charge in [-0.15, -0.1) is 0 Å². The average molecular weight is 578 g/mol. The highest BCUT2D eigenvalue weighted by Gasteiger charge is 2.39. The second-order valence-corrected chi connectivity index (χ2v) is 9.80. The Labute approximate surface area is 213 Å². The molecule has 1 aliphatic rings. The van der Waals surface area contributed by atoms with Gasteiger partial charge >= 0.3 is 24.3 Å². The van der Waals surface area contributed by atoms with Crippen molar-refractivity contribution in [3.05, 3.63) is 48.0 Å². The molecule has 0 spiro atoms. The SMILES string of the molecule is Cn1cc(CN2CC[C@@H](NS(C)(=O)=O)[C@@H]2Cc2cccnc2)cn1.O=C(O)C(F)(F)F.O=C(O)C(F)(F)F. The highest BCUT2D eigenvalue weighted by molar-refractivity contribution is 7.88. The summed E-state index contributed by atoms with van der Waals surface area (Å²) < 4.78 is 91.5. The lowest BCUT2D eigenvalue weighted by molar-refractivity contribution is -0.193. The standard InChI is InChI=1S/C16H23N5O2S.2C2HF3O2/c1-20-11-14(10-18-20)12-21-7-5-15(19-24(2,22)23)16(21)8-13-4-3-6-17-9-13;2*3-2(4,5)1(6)7/h3-4,6,9-11,15-16,19H,5,7-8,12H2,1-2H3;2*(H,6,7)/t15-,16+;;/m1../s1. The lowest BCUT2D eigenvalue weighted by atomic mass is 10.0. The molecular weight excluding hydrogens is 552 g/mol. The van der Waals surface area contributed by atoms with Crippen LogP contribution in [-0.4, -0.2) is 87.5 Å². The predicted molar refractivity (Wildman–Crippen MR) is 119 cm³/mol. The number of rotatable bonds is 6. The van der Waals surface area contributed by atoms with Crippen LogP contribution in [0.15, 0.2) is 36.9 Å². The highest BCUT2D eigenvalue weighted by atomic mass is 32.2. The Balaban J connectivity index is 0.000000426. The van der Waals surface area contributed by atoms with Crippen LogP contribution in [0, 0.1) is 0 Å². The molecule has 0 bridgehead atoms. The molecule has 0 unspecified atom stereocenters. The zero-order valence-electron chi connectivity index (χ0n) is 19.9. The first-order valence-corrected chi connectivity index (χ1v) is 12.4. The second-order valence-electron chi connectivity index (χ2n) is 8.02. The van der Waals surface area contributed by atoms with E-state index in [0.29, 0.717) is 0 Å². The van der Waals surface area contributed by atoms with E-state index in [9.17, 15) is 34.8 Å². The first-order chi connectivity index (χ1) is 17.3. The minimum atomic E-state index is -5.08. The van der Waals surface area contributed by atoms with Crippen LogP contribution >= 0.6 is 0 Å². The molecule has 2 atom stereocenters. The van der Waals surface area contributed by atoms with Gasteiger partial charge in [-0.25, -0.2) is 22.7 Å². The monoisotopic (exact) mass is 577 g/mol. The van der Waals surface area contributed by atoms with Gasteiger partial charge in [-0.2, -0.15) is 31.4 Å². The molecule has 214 valence electrons. The van der Waals surface area contributed by atoms with E-state index in [4.69, 9.17) is 19.8 Å². The van der Waals surface area contributed by atoms with Gasteiger partial charge in [0.2, 0.25) is 10.0 Å². The lowest BCUT2D eigenvalue weighted by Gasteiger charge is -2.28. The summed E-state index contributed by atoms with van der Waals surface area (Å²) in [4.78, 5) is 24.3. The van der Waals surface area contributed by atoms with Crippen LogP contribution in [0.3, 0.4) is 0 Å². The van der Waals surface area contributed by atoms with Crippen molar-refractivity contribution in [2.45, 2.75) is 43.8 Å². The Bertz CT molecular complexity index is 1130. The number of hydrogen-bond donors (Lipinski definition) is 3. The van der Waals surface area contributed by atoms with Crippen LogP contribution in [0.2, 0.25) is 0 Å². The van der Waals surface area contributed by atoms with Gasteiger partial charge in [-0.3, -0.25) is 14.6 Å². The molecule has 0 amide bonds. The van der Waals surface area contributed by atoms with Gasteiger partial charge in [-0.05, 0) is 24.5 Å². The van der Waals surface area contributed by atoms with Crippen molar-refractivity contribution in [3.63, 3.8) is 0 Å². The lowest BCUT2D eigenvalue weighted by Crippen LogP contribution is -2.45. The molecule has 18 heteroatoms. The minimum absolute atomic E-state index is 0.0862. The van der Waals surface area contributed by atoms with Gasteiger partial charge in [0.25, 0.3) is 0 Å². The molecule has 1 aliphatic heterocycles. The maximum atomic E-state index is 11.7. The smallest absolute Gasteiger partial charge is 0.475 e. The zero-order valence-corrected chi connectivity index (χ0v) is 20.8. The third kappa shape index (κ3) is 12.3. The summed E-state index contributed by atoms with van der Waals surface area (Å²) in [5.41, 5.74) is 2.24. The number of hydrogen-bond acceptors (Lipinski definition) is 7. The van der Waals surface area contributed by atoms with Crippen LogP contribution in [0.4, 0.5) is 26.3 Å². The molecule has 11 nitrogen and oxygen atoms in total. The topological polar surface area (TPSA) is 155 Å². The Hall–Kier alpha value is -3.25. The van der Waals surface area contributed by atoms with Gasteiger partial charge < -0.3 is 10.2 Å². The maximum absolute atomic E-state index is 11.7. The van der Waals surface area contributed by atoms with E-state index in [1.54, 1.807) is 10.9 Å². The third-order valence-corrected chi connectivity index (χ3v) is 5.55. The molecule has 2 aromatic heterocycles. The van der Waals surface area contributed by atoms with Gasteiger partial charge in [0.15, 0.2) is 0 Å². The van der Waals surface area contributed by atoms with Gasteiger partial charge in [0.1, 0.15) is 0 Å². The fourth-order valence-electron chi connectivity index (χ4n) is 3.35. The number of carbonyl (C=O) groups is 2. The number of pyridine rings is 1. The largest absolute Gasteiger partial charge is 0.490 e. The number of nitrogens with zero attached hydrogens (tertiary/aromatic N) is 4. The van der Waals surface area contributed by atoms with Gasteiger partial charge in [0, 0.05) is 56.4 Å². The minimum Gasteiger partial charge on any atom is -0.475 e. The number of carboxylic acids is 2. The maximum Gasteiger partial charge on any atom is 0.490 e. The van der Waals surface area contributed by atoms with Crippen LogP contribution in [-0.2, 0) is 39.6 Å². The summed E-state index contributed by atoms with van der Waals surface area (Å²) in [6.45, 7) is 1.62. The van der Waals surface area contributed by atoms with Crippen LogP contribution in [0.5, 0.6) is 0 Å². The zero-order chi connectivity index (χ0) is 29.3. The quantitative estimate of drug-likeness (QED) is 0.436. The average Bonchev–Trinajstić information content (AvgIpc) is 3.33. The van der Waals surface area contributed by atoms with Crippen molar-refractivity contribution in [2.24, 2.45) is 7.05 Å². The number of sulfonamides is 1. The Morgan fingerprint density at radius 1 is 1.08 bits per heavy atom. The summed E-state index contributed by atoms with van der Waals surface area (Å²) in [7, 11) is -1.34. The molecule has 0 aromatic carbocycles. The Kier molecular flexibility index (Phi) is 11.7. The molecule has 1 saturated heterocycles. The molecule has 3 N–H and O–H groups in total. The summed E-state index contributed by atoms with van der Waals surface area (Å²) in [6.07, 6.45) is 0.0736. The molecule has 2 aromatic rings. The van der Waals surface area contributed by atoms with E-state index in [1.807, 2.05) is 37.8 Å². The van der Waals surface area contributed by atoms with Crippen molar-refractivity contribution >= 4 is 22.0 Å². The van der Waals surface area contributed by atoms with Crippen molar-refractivity contribution in [1.29, 1.82) is 0 Å². The van der Waals surface area contributed by atoms with Crippen molar-refractivity contribution < 1.29 is 54.6 Å². The molecule has 0 aliphatic carbocycles. The normalized spacial score (nSPS) is 18.1. The van der Waals surface area contributed by atoms with Crippen LogP contribution < -0.4 is 4.72 Å². The molecular formula is C20H25F6N5O6S. The van der Waals surface area contributed by atoms with Crippen molar-refractivity contribution in [1.82, 2.24) is 24.4 Å². The molecule has 1 fully saturated rings. The summed E-state index contributed by atoms with van der Waals surface area (Å²) in [5, 5.41) is 18.5. The Morgan fingerprint density at radius 3 is 2.03 bits per heavy atom. The number of aryl methyl sites for hydroxylation is 1. The van der Waals surface area contributed by atoms with Gasteiger partial charge in [-0.1, -0.05) is 6.07 Å². The number of halogens is 6. The number of aromatic nitrogens is 3. The fraction of sp³-hybridized carbons (Fsp3) is 0.500. The second kappa shape index (κ2) is 13.5. The molecule has 0 radical (unpaired) electrons. The molecule has 3 heterocycles.